The van der Waals surface area contributed by atoms with Crippen molar-refractivity contribution in [2.24, 2.45) is 5.73 Å². The molecule has 0 radical (unpaired) electrons. The number of amides is 1. The van der Waals surface area contributed by atoms with Gasteiger partial charge in [0.1, 0.15) is 0 Å². The third kappa shape index (κ3) is 3.72. The highest BCUT2D eigenvalue weighted by Gasteiger charge is 2.44. The summed E-state index contributed by atoms with van der Waals surface area (Å²) < 4.78 is 0. The number of benzene rings is 1. The Morgan fingerprint density at radius 2 is 1.96 bits per heavy atom. The van der Waals surface area contributed by atoms with Crippen molar-refractivity contribution in [1.29, 1.82) is 0 Å². The molecule has 0 aromatic heterocycles. The fourth-order valence-corrected chi connectivity index (χ4v) is 4.22. The molecule has 1 atom stereocenters. The van der Waals surface area contributed by atoms with Crippen LogP contribution in [0.1, 0.15) is 56.1 Å². The Morgan fingerprint density at radius 3 is 2.61 bits per heavy atom. The molecule has 1 saturated heterocycles. The normalized spacial score (nSPS) is 23.9. The summed E-state index contributed by atoms with van der Waals surface area (Å²) in [5.41, 5.74) is 8.26. The largest absolute Gasteiger partial charge is 0.340 e. The van der Waals surface area contributed by atoms with Crippen LogP contribution in [0.3, 0.4) is 0 Å². The number of halogens is 1. The van der Waals surface area contributed by atoms with Crippen molar-refractivity contribution in [3.8, 4) is 0 Å². The van der Waals surface area contributed by atoms with Gasteiger partial charge < -0.3 is 10.6 Å². The molecule has 3 nitrogen and oxygen atoms in total. The minimum atomic E-state index is -0.304. The molecule has 1 saturated carbocycles. The van der Waals surface area contributed by atoms with E-state index in [4.69, 9.17) is 5.73 Å². The number of nitrogens with two attached hydrogens (primary N) is 1. The van der Waals surface area contributed by atoms with Gasteiger partial charge in [-0.25, -0.2) is 0 Å². The van der Waals surface area contributed by atoms with Gasteiger partial charge in [-0.05, 0) is 38.2 Å². The van der Waals surface area contributed by atoms with Gasteiger partial charge in [-0.1, -0.05) is 49.1 Å². The SMILES string of the molecule is Cc1cccc(C2(C(=O)N3CCCC(N)C3)CCCCC2)c1.Cl. The molecular formula is C19H29ClN2O. The summed E-state index contributed by atoms with van der Waals surface area (Å²) in [6, 6.07) is 8.72. The van der Waals surface area contributed by atoms with Crippen molar-refractivity contribution in [3.63, 3.8) is 0 Å². The second-order valence-corrected chi connectivity index (χ2v) is 7.17. The zero-order valence-corrected chi connectivity index (χ0v) is 14.9. The molecule has 0 spiro atoms. The molecule has 1 aromatic carbocycles. The van der Waals surface area contributed by atoms with Gasteiger partial charge in [0.2, 0.25) is 5.91 Å². The van der Waals surface area contributed by atoms with Gasteiger partial charge in [0.25, 0.3) is 0 Å². The molecule has 1 amide bonds. The van der Waals surface area contributed by atoms with Crippen LogP contribution in [-0.2, 0) is 10.2 Å². The topological polar surface area (TPSA) is 46.3 Å². The highest BCUT2D eigenvalue weighted by molar-refractivity contribution is 5.88. The van der Waals surface area contributed by atoms with Gasteiger partial charge in [-0.15, -0.1) is 12.4 Å². The van der Waals surface area contributed by atoms with Crippen molar-refractivity contribution in [3.05, 3.63) is 35.4 Å². The molecule has 2 aliphatic rings. The lowest BCUT2D eigenvalue weighted by Crippen LogP contribution is -2.53. The van der Waals surface area contributed by atoms with Gasteiger partial charge in [-0.3, -0.25) is 4.79 Å². The summed E-state index contributed by atoms with van der Waals surface area (Å²) >= 11 is 0. The lowest BCUT2D eigenvalue weighted by molar-refractivity contribution is -0.140. The van der Waals surface area contributed by atoms with E-state index in [-0.39, 0.29) is 23.9 Å². The van der Waals surface area contributed by atoms with E-state index in [2.05, 4.69) is 31.2 Å². The molecule has 1 unspecified atom stereocenters. The van der Waals surface area contributed by atoms with Gasteiger partial charge in [-0.2, -0.15) is 0 Å². The molecule has 1 aliphatic heterocycles. The Hall–Kier alpha value is -1.06. The van der Waals surface area contributed by atoms with E-state index in [0.29, 0.717) is 5.91 Å². The fourth-order valence-electron chi connectivity index (χ4n) is 4.22. The van der Waals surface area contributed by atoms with Gasteiger partial charge in [0.05, 0.1) is 5.41 Å². The molecule has 128 valence electrons. The number of piperidine rings is 1. The van der Waals surface area contributed by atoms with E-state index in [0.717, 1.165) is 51.6 Å². The first-order valence-corrected chi connectivity index (χ1v) is 8.74. The minimum absolute atomic E-state index is 0. The second-order valence-electron chi connectivity index (χ2n) is 7.17. The van der Waals surface area contributed by atoms with E-state index in [1.54, 1.807) is 0 Å². The van der Waals surface area contributed by atoms with E-state index < -0.39 is 0 Å². The lowest BCUT2D eigenvalue weighted by atomic mass is 9.68. The maximum Gasteiger partial charge on any atom is 0.233 e. The summed E-state index contributed by atoms with van der Waals surface area (Å²) in [4.78, 5) is 15.4. The number of aryl methyl sites for hydroxylation is 1. The van der Waals surface area contributed by atoms with Gasteiger partial charge >= 0.3 is 0 Å². The summed E-state index contributed by atoms with van der Waals surface area (Å²) in [6.07, 6.45) is 7.61. The Balaban J connectivity index is 0.00000192. The van der Waals surface area contributed by atoms with Crippen molar-refractivity contribution < 1.29 is 4.79 Å². The molecule has 3 rings (SSSR count). The summed E-state index contributed by atoms with van der Waals surface area (Å²) in [5.74, 6) is 0.327. The number of nitrogens with zero attached hydrogens (tertiary/aromatic N) is 1. The van der Waals surface area contributed by atoms with Crippen LogP contribution in [-0.4, -0.2) is 29.9 Å². The maximum absolute atomic E-state index is 13.4. The van der Waals surface area contributed by atoms with Gasteiger partial charge in [0.15, 0.2) is 0 Å². The Bertz CT molecular complexity index is 540. The molecule has 2 fully saturated rings. The van der Waals surface area contributed by atoms with Crippen LogP contribution in [0.4, 0.5) is 0 Å². The summed E-state index contributed by atoms with van der Waals surface area (Å²) in [5, 5.41) is 0. The van der Waals surface area contributed by atoms with Crippen molar-refractivity contribution in [1.82, 2.24) is 4.90 Å². The predicted molar refractivity (Wildman–Crippen MR) is 97.0 cm³/mol. The van der Waals surface area contributed by atoms with E-state index in [9.17, 15) is 4.79 Å². The second kappa shape index (κ2) is 7.67. The third-order valence-electron chi connectivity index (χ3n) is 5.43. The molecule has 4 heteroatoms. The van der Waals surface area contributed by atoms with Crippen LogP contribution in [0.2, 0.25) is 0 Å². The summed E-state index contributed by atoms with van der Waals surface area (Å²) in [6.45, 7) is 3.72. The van der Waals surface area contributed by atoms with Crippen LogP contribution in [0.5, 0.6) is 0 Å². The third-order valence-corrected chi connectivity index (χ3v) is 5.43. The number of carbonyl (C=O) groups is 1. The average Bonchev–Trinajstić information content (AvgIpc) is 2.55. The van der Waals surface area contributed by atoms with Crippen LogP contribution < -0.4 is 5.73 Å². The van der Waals surface area contributed by atoms with E-state index >= 15 is 0 Å². The molecule has 0 bridgehead atoms. The number of carbonyl (C=O) groups excluding carboxylic acids is 1. The monoisotopic (exact) mass is 336 g/mol. The zero-order valence-electron chi connectivity index (χ0n) is 14.1. The highest BCUT2D eigenvalue weighted by atomic mass is 35.5. The maximum atomic E-state index is 13.4. The Labute approximate surface area is 146 Å². The highest BCUT2D eigenvalue weighted by Crippen LogP contribution is 2.41. The number of rotatable bonds is 2. The van der Waals surface area contributed by atoms with E-state index in [1.165, 1.54) is 17.5 Å². The zero-order chi connectivity index (χ0) is 15.6. The number of hydrogen-bond acceptors (Lipinski definition) is 2. The molecular weight excluding hydrogens is 308 g/mol. The Morgan fingerprint density at radius 1 is 1.22 bits per heavy atom. The first-order valence-electron chi connectivity index (χ1n) is 8.74. The molecule has 1 aromatic rings. The number of hydrogen-bond donors (Lipinski definition) is 1. The molecule has 2 N–H and O–H groups in total. The van der Waals surface area contributed by atoms with Crippen LogP contribution >= 0.6 is 12.4 Å². The van der Waals surface area contributed by atoms with Crippen molar-refractivity contribution in [2.75, 3.05) is 13.1 Å². The van der Waals surface area contributed by atoms with Crippen molar-refractivity contribution in [2.45, 2.75) is 63.3 Å². The van der Waals surface area contributed by atoms with Gasteiger partial charge in [0, 0.05) is 19.1 Å². The first kappa shape index (κ1) is 18.3. The van der Waals surface area contributed by atoms with Crippen LogP contribution in [0, 0.1) is 6.92 Å². The summed E-state index contributed by atoms with van der Waals surface area (Å²) in [7, 11) is 0. The fraction of sp³-hybridized carbons (Fsp3) is 0.632. The molecule has 23 heavy (non-hydrogen) atoms. The number of likely N-dealkylation sites (tertiary alicyclic amines) is 1. The standard InChI is InChI=1S/C19H28N2O.ClH/c1-15-7-5-8-16(13-15)19(10-3-2-4-11-19)18(22)21-12-6-9-17(20)14-21;/h5,7-8,13,17H,2-4,6,9-12,14,20H2,1H3;1H. The quantitative estimate of drug-likeness (QED) is 0.897. The van der Waals surface area contributed by atoms with E-state index in [1.807, 2.05) is 4.90 Å². The molecule has 1 heterocycles. The minimum Gasteiger partial charge on any atom is -0.340 e. The predicted octanol–water partition coefficient (Wildman–Crippen LogP) is 3.57. The first-order chi connectivity index (χ1) is 10.6. The smallest absolute Gasteiger partial charge is 0.233 e. The molecule has 1 aliphatic carbocycles. The average molecular weight is 337 g/mol. The van der Waals surface area contributed by atoms with Crippen molar-refractivity contribution >= 4 is 18.3 Å². The van der Waals surface area contributed by atoms with Crippen LogP contribution in [0.15, 0.2) is 24.3 Å². The van der Waals surface area contributed by atoms with Crippen LogP contribution in [0.25, 0.3) is 0 Å². The Kier molecular flexibility index (Phi) is 6.10. The lowest BCUT2D eigenvalue weighted by Gasteiger charge is -2.42.